The van der Waals surface area contributed by atoms with Gasteiger partial charge in [0.25, 0.3) is 0 Å². The third kappa shape index (κ3) is 4.11. The summed E-state index contributed by atoms with van der Waals surface area (Å²) >= 11 is 0. The van der Waals surface area contributed by atoms with Crippen LogP contribution in [0.3, 0.4) is 0 Å². The zero-order valence-corrected chi connectivity index (χ0v) is 10.9. The molecule has 96 valence electrons. The zero-order valence-electron chi connectivity index (χ0n) is 10.9. The molecule has 0 bridgehead atoms. The second kappa shape index (κ2) is 6.14. The largest absolute Gasteiger partial charge is 0.314 e. The molecule has 1 saturated heterocycles. The van der Waals surface area contributed by atoms with Crippen molar-refractivity contribution in [3.05, 3.63) is 18.0 Å². The van der Waals surface area contributed by atoms with Gasteiger partial charge in [-0.05, 0) is 13.1 Å². The minimum Gasteiger partial charge on any atom is -0.314 e. The van der Waals surface area contributed by atoms with Crippen LogP contribution in [0, 0.1) is 0 Å². The summed E-state index contributed by atoms with van der Waals surface area (Å²) in [6, 6.07) is 2.08. The van der Waals surface area contributed by atoms with E-state index in [1.807, 2.05) is 17.9 Å². The lowest BCUT2D eigenvalue weighted by Gasteiger charge is -2.28. The van der Waals surface area contributed by atoms with Crippen molar-refractivity contribution in [2.24, 2.45) is 7.05 Å². The van der Waals surface area contributed by atoms with Gasteiger partial charge in [-0.25, -0.2) is 0 Å². The molecule has 2 heterocycles. The second-order valence-electron chi connectivity index (χ2n) is 4.81. The Hall–Kier alpha value is -0.910. The first-order valence-electron chi connectivity index (χ1n) is 6.34. The maximum atomic E-state index is 4.40. The van der Waals surface area contributed by atoms with Crippen LogP contribution in [0.2, 0.25) is 0 Å². The molecule has 1 N–H and O–H groups in total. The summed E-state index contributed by atoms with van der Waals surface area (Å²) in [4.78, 5) is 4.86. The number of rotatable bonds is 5. The van der Waals surface area contributed by atoms with Gasteiger partial charge in [-0.1, -0.05) is 0 Å². The number of aromatic nitrogens is 2. The third-order valence-electron chi connectivity index (χ3n) is 3.21. The fourth-order valence-electron chi connectivity index (χ4n) is 2.15. The topological polar surface area (TPSA) is 36.3 Å². The van der Waals surface area contributed by atoms with E-state index in [0.717, 1.165) is 38.4 Å². The average Bonchev–Trinajstić information content (AvgIpc) is 2.73. The number of likely N-dealkylation sites (N-methyl/N-ethyl adjacent to an activating group) is 1. The van der Waals surface area contributed by atoms with Crippen LogP contribution < -0.4 is 5.32 Å². The van der Waals surface area contributed by atoms with E-state index >= 15 is 0 Å². The maximum absolute atomic E-state index is 4.40. The van der Waals surface area contributed by atoms with E-state index in [9.17, 15) is 0 Å². The Labute approximate surface area is 103 Å². The Balaban J connectivity index is 1.68. The molecule has 1 aromatic heterocycles. The summed E-state index contributed by atoms with van der Waals surface area (Å²) in [5.41, 5.74) is 1.15. The summed E-state index contributed by atoms with van der Waals surface area (Å²) in [7, 11) is 4.13. The molecule has 5 heteroatoms. The normalized spacial score (nSPS) is 17.8. The van der Waals surface area contributed by atoms with Crippen molar-refractivity contribution >= 4 is 0 Å². The first kappa shape index (κ1) is 12.5. The molecule has 5 nitrogen and oxygen atoms in total. The van der Waals surface area contributed by atoms with Gasteiger partial charge in [0.1, 0.15) is 0 Å². The number of nitrogens with one attached hydrogen (secondary N) is 1. The lowest BCUT2D eigenvalue weighted by molar-refractivity contribution is 0.201. The molecule has 0 radical (unpaired) electrons. The Morgan fingerprint density at radius 3 is 2.82 bits per heavy atom. The van der Waals surface area contributed by atoms with Crippen LogP contribution >= 0.6 is 0 Å². The van der Waals surface area contributed by atoms with Crippen LogP contribution in [0.5, 0.6) is 0 Å². The van der Waals surface area contributed by atoms with Crippen LogP contribution in [0.25, 0.3) is 0 Å². The Bertz CT molecular complexity index is 329. The molecule has 0 saturated carbocycles. The number of piperazine rings is 1. The Morgan fingerprint density at radius 2 is 2.18 bits per heavy atom. The molecule has 1 aliphatic rings. The highest BCUT2D eigenvalue weighted by Gasteiger charge is 2.10. The second-order valence-corrected chi connectivity index (χ2v) is 4.81. The van der Waals surface area contributed by atoms with Gasteiger partial charge in [0.2, 0.25) is 0 Å². The molecule has 2 rings (SSSR count). The average molecular weight is 237 g/mol. The van der Waals surface area contributed by atoms with E-state index in [0.29, 0.717) is 0 Å². The summed E-state index contributed by atoms with van der Waals surface area (Å²) in [6.07, 6.45) is 2.00. The quantitative estimate of drug-likeness (QED) is 0.767. The van der Waals surface area contributed by atoms with Gasteiger partial charge in [0.05, 0.1) is 5.69 Å². The van der Waals surface area contributed by atoms with Crippen molar-refractivity contribution < 1.29 is 0 Å². The van der Waals surface area contributed by atoms with Gasteiger partial charge in [0, 0.05) is 59.1 Å². The van der Waals surface area contributed by atoms with Gasteiger partial charge in [-0.3, -0.25) is 14.5 Å². The van der Waals surface area contributed by atoms with Crippen molar-refractivity contribution in [3.63, 3.8) is 0 Å². The highest BCUT2D eigenvalue weighted by molar-refractivity contribution is 4.98. The highest BCUT2D eigenvalue weighted by atomic mass is 15.3. The van der Waals surface area contributed by atoms with Crippen molar-refractivity contribution in [1.29, 1.82) is 0 Å². The predicted octanol–water partition coefficient (Wildman–Crippen LogP) is -0.243. The Morgan fingerprint density at radius 1 is 1.41 bits per heavy atom. The summed E-state index contributed by atoms with van der Waals surface area (Å²) < 4.78 is 1.86. The molecule has 1 fully saturated rings. The Kier molecular flexibility index (Phi) is 4.53. The van der Waals surface area contributed by atoms with E-state index in [2.05, 4.69) is 33.3 Å². The number of hydrogen-bond donors (Lipinski definition) is 1. The minimum atomic E-state index is 0.937. The van der Waals surface area contributed by atoms with E-state index < -0.39 is 0 Å². The lowest BCUT2D eigenvalue weighted by Crippen LogP contribution is -2.45. The highest BCUT2D eigenvalue weighted by Crippen LogP contribution is 2.00. The number of aryl methyl sites for hydroxylation is 1. The third-order valence-corrected chi connectivity index (χ3v) is 3.21. The van der Waals surface area contributed by atoms with E-state index in [-0.39, 0.29) is 0 Å². The van der Waals surface area contributed by atoms with E-state index in [1.54, 1.807) is 0 Å². The zero-order chi connectivity index (χ0) is 12.1. The minimum absolute atomic E-state index is 0.937. The molecule has 0 spiro atoms. The molecular formula is C12H23N5. The van der Waals surface area contributed by atoms with Crippen LogP contribution in [-0.4, -0.2) is 65.9 Å². The molecule has 0 unspecified atom stereocenters. The van der Waals surface area contributed by atoms with Crippen LogP contribution in [0.15, 0.2) is 12.3 Å². The monoisotopic (exact) mass is 237 g/mol. The molecule has 0 amide bonds. The van der Waals surface area contributed by atoms with E-state index in [1.165, 1.54) is 13.1 Å². The van der Waals surface area contributed by atoms with E-state index in [4.69, 9.17) is 0 Å². The van der Waals surface area contributed by atoms with Crippen LogP contribution in [0.1, 0.15) is 5.69 Å². The predicted molar refractivity (Wildman–Crippen MR) is 68.9 cm³/mol. The van der Waals surface area contributed by atoms with Gasteiger partial charge in [0.15, 0.2) is 0 Å². The standard InChI is InChI=1S/C12H23N5/c1-15(11-12-3-6-16(2)14-12)9-10-17-7-4-13-5-8-17/h3,6,13H,4-5,7-11H2,1-2H3. The summed E-state index contributed by atoms with van der Waals surface area (Å²) in [5.74, 6) is 0. The first-order chi connectivity index (χ1) is 8.24. The molecular weight excluding hydrogens is 214 g/mol. The van der Waals surface area contributed by atoms with Gasteiger partial charge >= 0.3 is 0 Å². The molecule has 1 aromatic rings. The first-order valence-corrected chi connectivity index (χ1v) is 6.34. The molecule has 0 aliphatic carbocycles. The smallest absolute Gasteiger partial charge is 0.0764 e. The number of nitrogens with zero attached hydrogens (tertiary/aromatic N) is 4. The molecule has 1 aliphatic heterocycles. The molecule has 17 heavy (non-hydrogen) atoms. The lowest BCUT2D eigenvalue weighted by atomic mass is 10.3. The van der Waals surface area contributed by atoms with Crippen molar-refractivity contribution in [3.8, 4) is 0 Å². The van der Waals surface area contributed by atoms with Crippen molar-refractivity contribution in [2.75, 3.05) is 46.3 Å². The SMILES string of the molecule is CN(CCN1CCNCC1)Cc1ccn(C)n1. The van der Waals surface area contributed by atoms with Crippen molar-refractivity contribution in [1.82, 2.24) is 24.9 Å². The van der Waals surface area contributed by atoms with Gasteiger partial charge < -0.3 is 5.32 Å². The van der Waals surface area contributed by atoms with Crippen molar-refractivity contribution in [2.45, 2.75) is 6.54 Å². The van der Waals surface area contributed by atoms with Gasteiger partial charge in [-0.2, -0.15) is 5.10 Å². The van der Waals surface area contributed by atoms with Crippen LogP contribution in [-0.2, 0) is 13.6 Å². The fourth-order valence-corrected chi connectivity index (χ4v) is 2.15. The molecule has 0 atom stereocenters. The maximum Gasteiger partial charge on any atom is 0.0764 e. The molecule has 0 aromatic carbocycles. The summed E-state index contributed by atoms with van der Waals surface area (Å²) in [5, 5.41) is 7.77. The number of hydrogen-bond acceptors (Lipinski definition) is 4. The summed E-state index contributed by atoms with van der Waals surface area (Å²) in [6.45, 7) is 7.82. The van der Waals surface area contributed by atoms with Gasteiger partial charge in [-0.15, -0.1) is 0 Å². The van der Waals surface area contributed by atoms with Crippen LogP contribution in [0.4, 0.5) is 0 Å². The fraction of sp³-hybridized carbons (Fsp3) is 0.750.